The molecule has 1 fully saturated rings. The van der Waals surface area contributed by atoms with Crippen molar-refractivity contribution in [1.82, 2.24) is 10.2 Å². The summed E-state index contributed by atoms with van der Waals surface area (Å²) in [4.78, 5) is 25.7. The molecule has 21 heavy (non-hydrogen) atoms. The zero-order chi connectivity index (χ0) is 15.1. The number of likely N-dealkylation sites (N-methyl/N-ethyl adjacent to an activating group) is 1. The Balaban J connectivity index is 1.81. The number of hydrogen-bond donors (Lipinski definition) is 1. The van der Waals surface area contributed by atoms with E-state index in [1.54, 1.807) is 4.90 Å². The van der Waals surface area contributed by atoms with Gasteiger partial charge in [0.2, 0.25) is 11.8 Å². The van der Waals surface area contributed by atoms with E-state index in [0.29, 0.717) is 19.7 Å². The van der Waals surface area contributed by atoms with Gasteiger partial charge in [0.1, 0.15) is 6.10 Å². The smallest absolute Gasteiger partial charge is 0.249 e. The van der Waals surface area contributed by atoms with Gasteiger partial charge in [0.25, 0.3) is 0 Å². The van der Waals surface area contributed by atoms with Gasteiger partial charge >= 0.3 is 0 Å². The predicted octanol–water partition coefficient (Wildman–Crippen LogP) is 1.33. The fourth-order valence-corrected chi connectivity index (χ4v) is 2.35. The van der Waals surface area contributed by atoms with Gasteiger partial charge in [-0.15, -0.1) is 0 Å². The number of hydrogen-bond acceptors (Lipinski definition) is 3. The van der Waals surface area contributed by atoms with Crippen molar-refractivity contribution in [3.63, 3.8) is 0 Å². The molecule has 0 spiro atoms. The topological polar surface area (TPSA) is 58.6 Å². The van der Waals surface area contributed by atoms with Gasteiger partial charge in [-0.1, -0.05) is 30.3 Å². The molecule has 1 atom stereocenters. The van der Waals surface area contributed by atoms with Crippen molar-refractivity contribution >= 4 is 11.8 Å². The summed E-state index contributed by atoms with van der Waals surface area (Å²) in [5.74, 6) is -0.260. The van der Waals surface area contributed by atoms with Crippen molar-refractivity contribution in [2.24, 2.45) is 0 Å². The summed E-state index contributed by atoms with van der Waals surface area (Å²) in [7, 11) is 0. The maximum Gasteiger partial charge on any atom is 0.249 e. The highest BCUT2D eigenvalue weighted by atomic mass is 16.5. The van der Waals surface area contributed by atoms with Crippen LogP contribution in [0.25, 0.3) is 0 Å². The van der Waals surface area contributed by atoms with E-state index in [0.717, 1.165) is 18.4 Å². The Bertz CT molecular complexity index is 470. The van der Waals surface area contributed by atoms with Crippen molar-refractivity contribution in [3.05, 3.63) is 35.9 Å². The molecule has 0 unspecified atom stereocenters. The Morgan fingerprint density at radius 2 is 2.10 bits per heavy atom. The first kappa shape index (κ1) is 15.5. The molecule has 1 N–H and O–H groups in total. The van der Waals surface area contributed by atoms with Crippen LogP contribution < -0.4 is 5.32 Å². The molecule has 5 heteroatoms. The summed E-state index contributed by atoms with van der Waals surface area (Å²) in [6.07, 6.45) is 1.25. The van der Waals surface area contributed by atoms with Gasteiger partial charge in [0.15, 0.2) is 0 Å². The molecule has 5 nitrogen and oxygen atoms in total. The number of nitrogens with one attached hydrogen (secondary N) is 1. The van der Waals surface area contributed by atoms with Crippen molar-refractivity contribution in [2.75, 3.05) is 19.7 Å². The molecule has 0 bridgehead atoms. The molecule has 1 saturated heterocycles. The summed E-state index contributed by atoms with van der Waals surface area (Å²) in [5, 5.41) is 2.67. The normalized spacial score (nSPS) is 17.5. The molecule has 1 aromatic carbocycles. The maximum atomic E-state index is 12.2. The van der Waals surface area contributed by atoms with Crippen molar-refractivity contribution in [1.29, 1.82) is 0 Å². The lowest BCUT2D eigenvalue weighted by Gasteiger charge is -2.21. The lowest BCUT2D eigenvalue weighted by atomic mass is 10.2. The van der Waals surface area contributed by atoms with Crippen LogP contribution in [-0.2, 0) is 20.9 Å². The average molecular weight is 290 g/mol. The van der Waals surface area contributed by atoms with Gasteiger partial charge in [-0.25, -0.2) is 0 Å². The van der Waals surface area contributed by atoms with Crippen molar-refractivity contribution in [2.45, 2.75) is 32.4 Å². The Labute approximate surface area is 125 Å². The van der Waals surface area contributed by atoms with Crippen molar-refractivity contribution in [3.8, 4) is 0 Å². The van der Waals surface area contributed by atoms with Gasteiger partial charge < -0.3 is 15.0 Å². The highest BCUT2D eigenvalue weighted by molar-refractivity contribution is 5.87. The molecule has 0 aliphatic carbocycles. The van der Waals surface area contributed by atoms with E-state index in [2.05, 4.69) is 5.32 Å². The van der Waals surface area contributed by atoms with Crippen LogP contribution in [0.15, 0.2) is 30.3 Å². The number of ether oxygens (including phenoxy) is 1. The Kier molecular flexibility index (Phi) is 5.75. The number of amides is 2. The zero-order valence-corrected chi connectivity index (χ0v) is 12.4. The van der Waals surface area contributed by atoms with E-state index in [4.69, 9.17) is 4.74 Å². The van der Waals surface area contributed by atoms with Gasteiger partial charge in [0.05, 0.1) is 6.54 Å². The van der Waals surface area contributed by atoms with Crippen LogP contribution in [0.3, 0.4) is 0 Å². The molecule has 114 valence electrons. The van der Waals surface area contributed by atoms with Crippen LogP contribution in [0, 0.1) is 0 Å². The molecule has 1 aliphatic heterocycles. The molecular weight excluding hydrogens is 268 g/mol. The predicted molar refractivity (Wildman–Crippen MR) is 79.5 cm³/mol. The van der Waals surface area contributed by atoms with Crippen molar-refractivity contribution < 1.29 is 14.3 Å². The van der Waals surface area contributed by atoms with Gasteiger partial charge in [-0.3, -0.25) is 9.59 Å². The first-order valence-corrected chi connectivity index (χ1v) is 7.41. The highest BCUT2D eigenvalue weighted by Gasteiger charge is 2.24. The fraction of sp³-hybridized carbons (Fsp3) is 0.500. The molecular formula is C16H22N2O3. The number of carbonyl (C=O) groups excluding carboxylic acids is 2. The molecule has 0 aromatic heterocycles. The minimum atomic E-state index is -0.387. The monoisotopic (exact) mass is 290 g/mol. The third-order valence-electron chi connectivity index (χ3n) is 3.59. The molecule has 1 heterocycles. The first-order valence-electron chi connectivity index (χ1n) is 7.41. The molecule has 1 aliphatic rings. The third-order valence-corrected chi connectivity index (χ3v) is 3.59. The summed E-state index contributed by atoms with van der Waals surface area (Å²) in [6.45, 7) is 3.76. The van der Waals surface area contributed by atoms with E-state index in [9.17, 15) is 9.59 Å². The lowest BCUT2D eigenvalue weighted by Crippen LogP contribution is -2.43. The maximum absolute atomic E-state index is 12.2. The number of benzene rings is 1. The molecule has 2 rings (SSSR count). The lowest BCUT2D eigenvalue weighted by molar-refractivity contribution is -0.136. The number of rotatable bonds is 6. The first-order chi connectivity index (χ1) is 10.2. The van der Waals surface area contributed by atoms with Crippen LogP contribution in [0.5, 0.6) is 0 Å². The van der Waals surface area contributed by atoms with E-state index < -0.39 is 0 Å². The SMILES string of the molecule is CCN(Cc1ccccc1)C(=O)CNC(=O)[C@@H]1CCCO1. The van der Waals surface area contributed by atoms with Gasteiger partial charge in [-0.05, 0) is 25.3 Å². The minimum Gasteiger partial charge on any atom is -0.368 e. The van der Waals surface area contributed by atoms with E-state index >= 15 is 0 Å². The second kappa shape index (κ2) is 7.78. The average Bonchev–Trinajstić information content (AvgIpc) is 3.05. The molecule has 0 saturated carbocycles. The molecule has 1 aromatic rings. The van der Waals surface area contributed by atoms with Crippen LogP contribution in [-0.4, -0.2) is 42.5 Å². The number of carbonyl (C=O) groups is 2. The second-order valence-corrected chi connectivity index (χ2v) is 5.11. The summed E-state index contributed by atoms with van der Waals surface area (Å²) >= 11 is 0. The van der Waals surface area contributed by atoms with Crippen LogP contribution in [0.2, 0.25) is 0 Å². The highest BCUT2D eigenvalue weighted by Crippen LogP contribution is 2.11. The summed E-state index contributed by atoms with van der Waals surface area (Å²) in [5.41, 5.74) is 1.08. The Hall–Kier alpha value is -1.88. The number of nitrogens with zero attached hydrogens (tertiary/aromatic N) is 1. The second-order valence-electron chi connectivity index (χ2n) is 5.11. The van der Waals surface area contributed by atoms with Crippen LogP contribution >= 0.6 is 0 Å². The molecule has 2 amide bonds. The summed E-state index contributed by atoms with van der Waals surface area (Å²) < 4.78 is 5.29. The van der Waals surface area contributed by atoms with E-state index in [1.165, 1.54) is 0 Å². The zero-order valence-electron chi connectivity index (χ0n) is 12.4. The van der Waals surface area contributed by atoms with Crippen LogP contribution in [0.1, 0.15) is 25.3 Å². The van der Waals surface area contributed by atoms with Gasteiger partial charge in [-0.2, -0.15) is 0 Å². The Morgan fingerprint density at radius 3 is 2.71 bits per heavy atom. The van der Waals surface area contributed by atoms with E-state index in [-0.39, 0.29) is 24.5 Å². The fourth-order valence-electron chi connectivity index (χ4n) is 2.35. The third kappa shape index (κ3) is 4.56. The summed E-state index contributed by atoms with van der Waals surface area (Å²) in [6, 6.07) is 9.82. The Morgan fingerprint density at radius 1 is 1.33 bits per heavy atom. The largest absolute Gasteiger partial charge is 0.368 e. The quantitative estimate of drug-likeness (QED) is 0.860. The van der Waals surface area contributed by atoms with E-state index in [1.807, 2.05) is 37.3 Å². The standard InChI is InChI=1S/C16H22N2O3/c1-2-18(12-13-7-4-3-5-8-13)15(19)11-17-16(20)14-9-6-10-21-14/h3-5,7-8,14H,2,6,9-12H2,1H3,(H,17,20)/t14-/m0/s1. The van der Waals surface area contributed by atoms with Gasteiger partial charge in [0, 0.05) is 19.7 Å². The van der Waals surface area contributed by atoms with Crippen LogP contribution in [0.4, 0.5) is 0 Å². The molecule has 0 radical (unpaired) electrons. The minimum absolute atomic E-state index is 0.0271.